The highest BCUT2D eigenvalue weighted by molar-refractivity contribution is 5.99. The fourth-order valence-electron chi connectivity index (χ4n) is 2.32. The molecule has 0 saturated carbocycles. The van der Waals surface area contributed by atoms with Crippen molar-refractivity contribution in [1.29, 1.82) is 0 Å². The van der Waals surface area contributed by atoms with Crippen LogP contribution in [0, 0.1) is 20.8 Å². The van der Waals surface area contributed by atoms with Gasteiger partial charge in [0.2, 0.25) is 5.55 Å². The second kappa shape index (κ2) is 3.63. The Bertz CT molecular complexity index is 825. The van der Waals surface area contributed by atoms with Crippen molar-refractivity contribution < 1.29 is 8.83 Å². The van der Waals surface area contributed by atoms with Crippen LogP contribution >= 0.6 is 0 Å². The van der Waals surface area contributed by atoms with Crippen LogP contribution < -0.4 is 11.4 Å². The van der Waals surface area contributed by atoms with E-state index in [1.165, 1.54) is 0 Å². The van der Waals surface area contributed by atoms with Gasteiger partial charge in [0.25, 0.3) is 0 Å². The zero-order valence-electron chi connectivity index (χ0n) is 10.6. The Morgan fingerprint density at radius 1 is 1.00 bits per heavy atom. The molecule has 2 N–H and O–H groups in total. The van der Waals surface area contributed by atoms with E-state index in [0.717, 1.165) is 38.6 Å². The summed E-state index contributed by atoms with van der Waals surface area (Å²) in [5.41, 5.74) is 5.25. The summed E-state index contributed by atoms with van der Waals surface area (Å²) < 4.78 is 11.3. The minimum atomic E-state index is 0.422. The number of fused-ring (bicyclic) bond motifs is 2. The third-order valence-electron chi connectivity index (χ3n) is 3.34. The highest BCUT2D eigenvalue weighted by atomic mass is 16.3. The third-order valence-corrected chi connectivity index (χ3v) is 3.34. The van der Waals surface area contributed by atoms with E-state index in [-0.39, 0.29) is 0 Å². The normalized spacial score (nSPS) is 12.7. The van der Waals surface area contributed by atoms with E-state index in [1.54, 1.807) is 6.26 Å². The van der Waals surface area contributed by atoms with Crippen LogP contribution in [0.1, 0.15) is 16.7 Å². The van der Waals surface area contributed by atoms with Crippen molar-refractivity contribution in [2.45, 2.75) is 20.8 Å². The third kappa shape index (κ3) is 1.35. The summed E-state index contributed by atoms with van der Waals surface area (Å²) >= 11 is 0. The molecule has 0 fully saturated rings. The summed E-state index contributed by atoms with van der Waals surface area (Å²) in [6, 6.07) is 3.93. The predicted molar refractivity (Wildman–Crippen MR) is 69.9 cm³/mol. The Morgan fingerprint density at radius 2 is 1.72 bits per heavy atom. The first kappa shape index (κ1) is 10.9. The molecule has 4 nitrogen and oxygen atoms in total. The van der Waals surface area contributed by atoms with E-state index < -0.39 is 0 Å². The molecule has 0 amide bonds. The molecular formula is C14H14N2O2. The number of furan rings is 1. The van der Waals surface area contributed by atoms with Crippen LogP contribution in [0.25, 0.3) is 21.9 Å². The predicted octanol–water partition coefficient (Wildman–Crippen LogP) is 2.88. The molecule has 92 valence electrons. The van der Waals surface area contributed by atoms with Crippen molar-refractivity contribution in [3.8, 4) is 0 Å². The molecule has 0 aliphatic rings. The van der Waals surface area contributed by atoms with Crippen LogP contribution in [0.15, 0.2) is 32.3 Å². The van der Waals surface area contributed by atoms with Crippen LogP contribution in [0.4, 0.5) is 0 Å². The number of hydrogen-bond donors (Lipinski definition) is 1. The molecule has 18 heavy (non-hydrogen) atoms. The first-order valence-electron chi connectivity index (χ1n) is 5.77. The van der Waals surface area contributed by atoms with Gasteiger partial charge in [-0.05, 0) is 38.0 Å². The quantitative estimate of drug-likeness (QED) is 0.487. The maximum absolute atomic E-state index is 5.69. The van der Waals surface area contributed by atoms with Crippen molar-refractivity contribution >= 4 is 21.9 Å². The fourth-order valence-corrected chi connectivity index (χ4v) is 2.32. The smallest absolute Gasteiger partial charge is 0.236 e. The zero-order valence-corrected chi connectivity index (χ0v) is 10.6. The molecular weight excluding hydrogens is 228 g/mol. The van der Waals surface area contributed by atoms with Crippen molar-refractivity contribution in [3.63, 3.8) is 0 Å². The van der Waals surface area contributed by atoms with E-state index >= 15 is 0 Å². The Morgan fingerprint density at radius 3 is 2.44 bits per heavy atom. The Kier molecular flexibility index (Phi) is 2.20. The summed E-state index contributed by atoms with van der Waals surface area (Å²) in [6.07, 6.45) is 1.76. The highest BCUT2D eigenvalue weighted by Gasteiger charge is 2.12. The molecule has 0 saturated heterocycles. The van der Waals surface area contributed by atoms with E-state index in [0.29, 0.717) is 5.55 Å². The number of hydrogen-bond acceptors (Lipinski definition) is 4. The van der Waals surface area contributed by atoms with Crippen LogP contribution in [-0.4, -0.2) is 0 Å². The molecule has 0 aliphatic heterocycles. The monoisotopic (exact) mass is 242 g/mol. The topological polar surface area (TPSA) is 64.7 Å². The van der Waals surface area contributed by atoms with E-state index in [4.69, 9.17) is 14.7 Å². The maximum atomic E-state index is 5.69. The zero-order chi connectivity index (χ0) is 12.9. The minimum Gasteiger partial charge on any atom is -0.464 e. The van der Waals surface area contributed by atoms with Crippen LogP contribution in [0.3, 0.4) is 0 Å². The van der Waals surface area contributed by atoms with Gasteiger partial charge in [0.15, 0.2) is 0 Å². The summed E-state index contributed by atoms with van der Waals surface area (Å²) in [5.74, 6) is 5.28. The first-order chi connectivity index (χ1) is 8.61. The van der Waals surface area contributed by atoms with E-state index in [9.17, 15) is 0 Å². The molecule has 4 heteroatoms. The number of nitrogens with two attached hydrogens (primary N) is 1. The molecule has 0 atom stereocenters. The van der Waals surface area contributed by atoms with Gasteiger partial charge < -0.3 is 14.7 Å². The van der Waals surface area contributed by atoms with Crippen molar-refractivity contribution in [3.05, 3.63) is 40.6 Å². The van der Waals surface area contributed by atoms with Gasteiger partial charge >= 0.3 is 0 Å². The van der Waals surface area contributed by atoms with Gasteiger partial charge in [0.05, 0.1) is 6.26 Å². The van der Waals surface area contributed by atoms with Gasteiger partial charge in [0, 0.05) is 22.4 Å². The highest BCUT2D eigenvalue weighted by Crippen LogP contribution is 2.31. The van der Waals surface area contributed by atoms with Crippen LogP contribution in [0.5, 0.6) is 0 Å². The standard InChI is InChI=1S/C14H14N2O2/c1-7-4-12(16-15)18-14-9(3)13-11(5-10(7)14)8(2)6-17-13/h4-6H,15H2,1-3H3/b16-12-. The molecule has 0 unspecified atom stereocenters. The lowest BCUT2D eigenvalue weighted by Crippen LogP contribution is -2.05. The first-order valence-corrected chi connectivity index (χ1v) is 5.77. The Hall–Kier alpha value is -2.23. The largest absolute Gasteiger partial charge is 0.464 e. The van der Waals surface area contributed by atoms with Gasteiger partial charge in [-0.1, -0.05) is 0 Å². The molecule has 0 radical (unpaired) electrons. The van der Waals surface area contributed by atoms with E-state index in [1.807, 2.05) is 26.8 Å². The molecule has 0 aliphatic carbocycles. The molecule has 2 heterocycles. The summed E-state index contributed by atoms with van der Waals surface area (Å²) in [6.45, 7) is 6.04. The van der Waals surface area contributed by atoms with Crippen molar-refractivity contribution in [2.24, 2.45) is 10.9 Å². The minimum absolute atomic E-state index is 0.422. The van der Waals surface area contributed by atoms with Gasteiger partial charge in [-0.2, -0.15) is 0 Å². The van der Waals surface area contributed by atoms with Crippen LogP contribution in [0.2, 0.25) is 0 Å². The Balaban J connectivity index is 2.61. The van der Waals surface area contributed by atoms with Gasteiger partial charge in [-0.25, -0.2) is 0 Å². The van der Waals surface area contributed by atoms with Gasteiger partial charge in [-0.3, -0.25) is 0 Å². The average molecular weight is 242 g/mol. The van der Waals surface area contributed by atoms with Crippen LogP contribution in [-0.2, 0) is 0 Å². The van der Waals surface area contributed by atoms with Gasteiger partial charge in [-0.15, -0.1) is 5.10 Å². The average Bonchev–Trinajstić information content (AvgIpc) is 2.73. The van der Waals surface area contributed by atoms with Crippen molar-refractivity contribution in [1.82, 2.24) is 0 Å². The summed E-state index contributed by atoms with van der Waals surface area (Å²) in [4.78, 5) is 0. The lowest BCUT2D eigenvalue weighted by atomic mass is 10.0. The van der Waals surface area contributed by atoms with Crippen molar-refractivity contribution in [2.75, 3.05) is 0 Å². The fraction of sp³-hybridized carbons (Fsp3) is 0.214. The molecule has 3 aromatic rings. The number of rotatable bonds is 0. The lowest BCUT2D eigenvalue weighted by Gasteiger charge is -2.05. The summed E-state index contributed by atoms with van der Waals surface area (Å²) in [5, 5.41) is 5.80. The molecule has 0 spiro atoms. The maximum Gasteiger partial charge on any atom is 0.236 e. The number of nitrogens with zero attached hydrogens (tertiary/aromatic N) is 1. The van der Waals surface area contributed by atoms with Gasteiger partial charge in [0.1, 0.15) is 11.2 Å². The molecule has 0 bridgehead atoms. The second-order valence-corrected chi connectivity index (χ2v) is 4.57. The number of aryl methyl sites for hydroxylation is 3. The molecule has 3 rings (SSSR count). The van der Waals surface area contributed by atoms with E-state index in [2.05, 4.69) is 11.2 Å². The Labute approximate surface area is 104 Å². The number of benzene rings is 1. The lowest BCUT2D eigenvalue weighted by molar-refractivity contribution is 0.532. The summed E-state index contributed by atoms with van der Waals surface area (Å²) in [7, 11) is 0. The SMILES string of the molecule is Cc1coc2c(C)c3o/c(=N\N)cc(C)c3cc12. The second-order valence-electron chi connectivity index (χ2n) is 4.57. The molecule has 2 aromatic heterocycles. The molecule has 1 aromatic carbocycles.